The Morgan fingerprint density at radius 2 is 1.23 bits per heavy atom. The summed E-state index contributed by atoms with van der Waals surface area (Å²) in [6, 6.07) is 12.2. The van der Waals surface area contributed by atoms with Gasteiger partial charge in [-0.25, -0.2) is 4.57 Å². The van der Waals surface area contributed by atoms with Gasteiger partial charge in [0, 0.05) is 0 Å². The first-order valence-electron chi connectivity index (χ1n) is 14.8. The van der Waals surface area contributed by atoms with Crippen LogP contribution in [-0.2, 0) is 33.6 Å². The quantitative estimate of drug-likeness (QED) is 0.0866. The molecule has 3 aromatic rings. The molecule has 0 aliphatic carbocycles. The Morgan fingerprint density at radius 1 is 0.727 bits per heavy atom. The summed E-state index contributed by atoms with van der Waals surface area (Å²) < 4.78 is 40.3. The molecule has 0 N–H and O–H groups in total. The van der Waals surface area contributed by atoms with Gasteiger partial charge < -0.3 is 43.3 Å². The maximum Gasteiger partial charge on any atom is 0.434 e. The minimum absolute atomic E-state index is 0.194. The van der Waals surface area contributed by atoms with Gasteiger partial charge in [0.2, 0.25) is 0 Å². The van der Waals surface area contributed by atoms with E-state index in [4.69, 9.17) is 33.2 Å². The lowest BCUT2D eigenvalue weighted by Gasteiger charge is -2.21. The standard InChI is InChI=1S/C32H45N3O9/c1-24(20-26-6-8-28(38-3)30(22-26)39-4)25(2)21-27-7-9-29(31(23-27)40-5)44-19-18-43-17-16-42-15-14-41-13-12-34-11-10-33-32(34)35(36)37/h6-11,22-25H,12-21H2,1-5H3/t24-,25+/m1/s1. The maximum absolute atomic E-state index is 10.8. The zero-order valence-electron chi connectivity index (χ0n) is 26.4. The molecule has 0 saturated carbocycles. The van der Waals surface area contributed by atoms with E-state index in [-0.39, 0.29) is 5.95 Å². The van der Waals surface area contributed by atoms with Crippen molar-refractivity contribution in [3.63, 3.8) is 0 Å². The molecular weight excluding hydrogens is 570 g/mol. The minimum Gasteiger partial charge on any atom is -0.493 e. The second-order valence-corrected chi connectivity index (χ2v) is 10.4. The molecule has 44 heavy (non-hydrogen) atoms. The van der Waals surface area contributed by atoms with Gasteiger partial charge in [0.05, 0.1) is 67.5 Å². The first-order chi connectivity index (χ1) is 21.4. The third-order valence-corrected chi connectivity index (χ3v) is 7.33. The predicted octanol–water partition coefficient (Wildman–Crippen LogP) is 5.00. The fourth-order valence-electron chi connectivity index (χ4n) is 4.67. The van der Waals surface area contributed by atoms with Gasteiger partial charge in [-0.05, 0) is 65.0 Å². The summed E-state index contributed by atoms with van der Waals surface area (Å²) in [5, 5.41) is 10.8. The van der Waals surface area contributed by atoms with Crippen molar-refractivity contribution in [2.45, 2.75) is 33.2 Å². The summed E-state index contributed by atoms with van der Waals surface area (Å²) in [5.74, 6) is 3.59. The normalized spacial score (nSPS) is 12.5. The van der Waals surface area contributed by atoms with Crippen molar-refractivity contribution >= 4 is 5.95 Å². The molecule has 0 unspecified atom stereocenters. The zero-order chi connectivity index (χ0) is 31.7. The average molecular weight is 616 g/mol. The summed E-state index contributed by atoms with van der Waals surface area (Å²) in [5.41, 5.74) is 2.42. The molecule has 12 nitrogen and oxygen atoms in total. The fraction of sp³-hybridized carbons (Fsp3) is 0.531. The van der Waals surface area contributed by atoms with Gasteiger partial charge in [-0.2, -0.15) is 0 Å². The molecule has 1 aromatic heterocycles. The molecule has 0 spiro atoms. The highest BCUT2D eigenvalue weighted by Crippen LogP contribution is 2.32. The number of nitrogens with zero attached hydrogens (tertiary/aromatic N) is 3. The molecule has 0 aliphatic rings. The number of hydrogen-bond acceptors (Lipinski definition) is 10. The monoisotopic (exact) mass is 615 g/mol. The molecule has 2 aromatic carbocycles. The highest BCUT2D eigenvalue weighted by Gasteiger charge is 2.17. The second kappa shape index (κ2) is 18.7. The second-order valence-electron chi connectivity index (χ2n) is 10.4. The number of rotatable bonds is 22. The van der Waals surface area contributed by atoms with Crippen molar-refractivity contribution in [2.24, 2.45) is 11.8 Å². The van der Waals surface area contributed by atoms with Gasteiger partial charge in [0.25, 0.3) is 0 Å². The molecule has 0 aliphatic heterocycles. The molecular formula is C32H45N3O9. The Bertz CT molecular complexity index is 1280. The highest BCUT2D eigenvalue weighted by molar-refractivity contribution is 5.44. The van der Waals surface area contributed by atoms with E-state index in [1.165, 1.54) is 21.9 Å². The highest BCUT2D eigenvalue weighted by atomic mass is 16.6. The topological polar surface area (TPSA) is 126 Å². The SMILES string of the molecule is COc1ccc(C[C@@H](C)[C@@H](C)Cc2ccc(OCCOCCOCCOCCn3ccnc3[N+](=O)[O-])c(OC)c2)cc1OC. The van der Waals surface area contributed by atoms with Gasteiger partial charge >= 0.3 is 5.95 Å². The molecule has 12 heteroatoms. The van der Waals surface area contributed by atoms with Crippen molar-refractivity contribution in [1.29, 1.82) is 0 Å². The Labute approximate surface area is 259 Å². The first kappa shape index (κ1) is 34.6. The first-order valence-corrected chi connectivity index (χ1v) is 14.8. The Hall–Kier alpha value is -3.87. The van der Waals surface area contributed by atoms with Crippen LogP contribution in [0, 0.1) is 22.0 Å². The van der Waals surface area contributed by atoms with Crippen LogP contribution in [0.15, 0.2) is 48.8 Å². The summed E-state index contributed by atoms with van der Waals surface area (Å²) in [4.78, 5) is 14.0. The molecule has 0 radical (unpaired) electrons. The van der Waals surface area contributed by atoms with Crippen molar-refractivity contribution in [3.05, 3.63) is 70.0 Å². The van der Waals surface area contributed by atoms with E-state index in [2.05, 4.69) is 37.0 Å². The van der Waals surface area contributed by atoms with Crippen LogP contribution in [0.1, 0.15) is 25.0 Å². The number of aromatic nitrogens is 2. The Kier molecular flexibility index (Phi) is 14.7. The summed E-state index contributed by atoms with van der Waals surface area (Å²) in [7, 11) is 4.95. The van der Waals surface area contributed by atoms with E-state index in [9.17, 15) is 10.1 Å². The van der Waals surface area contributed by atoms with Crippen molar-refractivity contribution < 1.29 is 38.1 Å². The number of nitro groups is 1. The van der Waals surface area contributed by atoms with E-state index in [0.717, 1.165) is 24.3 Å². The van der Waals surface area contributed by atoms with E-state index >= 15 is 0 Å². The van der Waals surface area contributed by atoms with Crippen LogP contribution in [-0.4, -0.2) is 82.1 Å². The van der Waals surface area contributed by atoms with Gasteiger partial charge in [-0.1, -0.05) is 31.0 Å². The lowest BCUT2D eigenvalue weighted by Crippen LogP contribution is -2.14. The largest absolute Gasteiger partial charge is 0.493 e. The van der Waals surface area contributed by atoms with E-state index in [0.29, 0.717) is 76.1 Å². The van der Waals surface area contributed by atoms with Crippen LogP contribution in [0.25, 0.3) is 0 Å². The third kappa shape index (κ3) is 11.0. The summed E-state index contributed by atoms with van der Waals surface area (Å²) in [6.45, 7) is 7.69. The smallest absolute Gasteiger partial charge is 0.434 e. The molecule has 2 atom stereocenters. The van der Waals surface area contributed by atoms with Crippen LogP contribution in [0.5, 0.6) is 23.0 Å². The zero-order valence-corrected chi connectivity index (χ0v) is 26.4. The number of methoxy groups -OCH3 is 3. The van der Waals surface area contributed by atoms with Crippen molar-refractivity contribution in [3.8, 4) is 23.0 Å². The van der Waals surface area contributed by atoms with E-state index < -0.39 is 4.92 Å². The average Bonchev–Trinajstić information content (AvgIpc) is 3.51. The van der Waals surface area contributed by atoms with Crippen LogP contribution in [0.2, 0.25) is 0 Å². The molecule has 0 bridgehead atoms. The van der Waals surface area contributed by atoms with Crippen molar-refractivity contribution in [2.75, 3.05) is 67.6 Å². The lowest BCUT2D eigenvalue weighted by atomic mass is 9.85. The molecule has 3 rings (SSSR count). The predicted molar refractivity (Wildman–Crippen MR) is 165 cm³/mol. The van der Waals surface area contributed by atoms with Crippen LogP contribution in [0.4, 0.5) is 5.95 Å². The Morgan fingerprint density at radius 3 is 1.77 bits per heavy atom. The maximum atomic E-state index is 10.8. The minimum atomic E-state index is -0.520. The van der Waals surface area contributed by atoms with Gasteiger partial charge in [0.1, 0.15) is 19.0 Å². The third-order valence-electron chi connectivity index (χ3n) is 7.33. The lowest BCUT2D eigenvalue weighted by molar-refractivity contribution is -0.396. The van der Waals surface area contributed by atoms with Gasteiger partial charge in [-0.15, -0.1) is 0 Å². The van der Waals surface area contributed by atoms with Crippen molar-refractivity contribution in [1.82, 2.24) is 9.55 Å². The van der Waals surface area contributed by atoms with Crippen LogP contribution >= 0.6 is 0 Å². The van der Waals surface area contributed by atoms with Crippen LogP contribution in [0.3, 0.4) is 0 Å². The van der Waals surface area contributed by atoms with Gasteiger partial charge in [0.15, 0.2) is 23.0 Å². The van der Waals surface area contributed by atoms with E-state index in [1.807, 2.05) is 18.2 Å². The molecule has 0 fully saturated rings. The van der Waals surface area contributed by atoms with E-state index in [1.54, 1.807) is 27.5 Å². The van der Waals surface area contributed by atoms with Crippen LogP contribution < -0.4 is 18.9 Å². The molecule has 1 heterocycles. The molecule has 0 amide bonds. The molecule has 242 valence electrons. The summed E-state index contributed by atoms with van der Waals surface area (Å²) >= 11 is 0. The fourth-order valence-corrected chi connectivity index (χ4v) is 4.67. The number of hydrogen-bond donors (Lipinski definition) is 0. The summed E-state index contributed by atoms with van der Waals surface area (Å²) in [6.07, 6.45) is 4.82. The number of imidazole rings is 1. The Balaban J connectivity index is 1.28. The number of benzene rings is 2. The number of ether oxygens (including phenoxy) is 7. The van der Waals surface area contributed by atoms with Gasteiger partial charge in [-0.3, -0.25) is 0 Å². The molecule has 0 saturated heterocycles.